The predicted molar refractivity (Wildman–Crippen MR) is 110 cm³/mol. The third-order valence-corrected chi connectivity index (χ3v) is 5.16. The number of anilines is 2. The molecule has 7 heteroatoms. The molecule has 1 fully saturated rings. The molecule has 0 atom stereocenters. The summed E-state index contributed by atoms with van der Waals surface area (Å²) in [6.07, 6.45) is 5.07. The van der Waals surface area contributed by atoms with Crippen molar-refractivity contribution in [2.45, 2.75) is 12.8 Å². The summed E-state index contributed by atoms with van der Waals surface area (Å²) in [5.74, 6) is 0.888. The van der Waals surface area contributed by atoms with E-state index in [1.807, 2.05) is 36.4 Å². The molecule has 28 heavy (non-hydrogen) atoms. The Labute approximate surface area is 168 Å². The fraction of sp³-hybridized carbons (Fsp3) is 0.238. The number of hydrogen-bond donors (Lipinski definition) is 1. The molecule has 0 radical (unpaired) electrons. The van der Waals surface area contributed by atoms with Crippen LogP contribution in [0, 0.1) is 5.92 Å². The van der Waals surface area contributed by atoms with Crippen LogP contribution in [0.3, 0.4) is 0 Å². The second-order valence-corrected chi connectivity index (χ2v) is 7.21. The maximum atomic E-state index is 12.5. The van der Waals surface area contributed by atoms with E-state index in [2.05, 4.69) is 25.4 Å². The molecule has 0 spiro atoms. The summed E-state index contributed by atoms with van der Waals surface area (Å²) in [5, 5.41) is 12.3. The minimum atomic E-state index is -0.00504. The monoisotopic (exact) mass is 393 g/mol. The first kappa shape index (κ1) is 18.4. The molecule has 1 saturated heterocycles. The molecule has 3 aromatic rings. The van der Waals surface area contributed by atoms with Gasteiger partial charge >= 0.3 is 0 Å². The van der Waals surface area contributed by atoms with Gasteiger partial charge in [0.15, 0.2) is 5.82 Å². The van der Waals surface area contributed by atoms with Crippen LogP contribution in [0.4, 0.5) is 11.5 Å². The summed E-state index contributed by atoms with van der Waals surface area (Å²) in [6, 6.07) is 14.9. The lowest BCUT2D eigenvalue weighted by Gasteiger charge is -2.31. The van der Waals surface area contributed by atoms with Gasteiger partial charge in [-0.1, -0.05) is 11.6 Å². The van der Waals surface area contributed by atoms with Gasteiger partial charge in [0.05, 0.1) is 5.69 Å². The molecule has 1 aromatic carbocycles. The van der Waals surface area contributed by atoms with Crippen molar-refractivity contribution in [3.8, 4) is 11.3 Å². The van der Waals surface area contributed by atoms with E-state index in [4.69, 9.17) is 11.6 Å². The van der Waals surface area contributed by atoms with Gasteiger partial charge in [0, 0.05) is 47.7 Å². The highest BCUT2D eigenvalue weighted by molar-refractivity contribution is 6.30. The molecule has 1 aliphatic heterocycles. The molecule has 1 amide bonds. The fourth-order valence-corrected chi connectivity index (χ4v) is 3.44. The maximum Gasteiger partial charge on any atom is 0.227 e. The van der Waals surface area contributed by atoms with Gasteiger partial charge in [0.1, 0.15) is 0 Å². The van der Waals surface area contributed by atoms with Gasteiger partial charge in [-0.15, -0.1) is 10.2 Å². The zero-order chi connectivity index (χ0) is 19.3. The smallest absolute Gasteiger partial charge is 0.227 e. The van der Waals surface area contributed by atoms with Crippen LogP contribution in [-0.4, -0.2) is 34.2 Å². The van der Waals surface area contributed by atoms with E-state index >= 15 is 0 Å². The molecular formula is C21H20ClN5O. The molecular weight excluding hydrogens is 374 g/mol. The lowest BCUT2D eigenvalue weighted by atomic mass is 9.96. The number of nitrogens with zero attached hydrogens (tertiary/aromatic N) is 4. The maximum absolute atomic E-state index is 12.5. The number of carbonyl (C=O) groups excluding carboxylic acids is 1. The summed E-state index contributed by atoms with van der Waals surface area (Å²) in [4.78, 5) is 18.8. The van der Waals surface area contributed by atoms with Crippen molar-refractivity contribution >= 4 is 29.0 Å². The highest BCUT2D eigenvalue weighted by atomic mass is 35.5. The Kier molecular flexibility index (Phi) is 5.48. The molecule has 0 saturated carbocycles. The molecule has 3 heterocycles. The Morgan fingerprint density at radius 3 is 2.46 bits per heavy atom. The second-order valence-electron chi connectivity index (χ2n) is 6.78. The minimum absolute atomic E-state index is 0.00504. The van der Waals surface area contributed by atoms with E-state index in [1.54, 1.807) is 24.5 Å². The Balaban J connectivity index is 1.33. The zero-order valence-corrected chi connectivity index (χ0v) is 16.0. The number of benzene rings is 1. The van der Waals surface area contributed by atoms with Crippen molar-refractivity contribution in [1.82, 2.24) is 15.2 Å². The molecule has 1 aliphatic rings. The Bertz CT molecular complexity index is 923. The van der Waals surface area contributed by atoms with E-state index in [0.29, 0.717) is 5.02 Å². The van der Waals surface area contributed by atoms with Crippen LogP contribution in [-0.2, 0) is 4.79 Å². The Hall–Kier alpha value is -2.99. The molecule has 2 aromatic heterocycles. The largest absolute Gasteiger partial charge is 0.355 e. The third kappa shape index (κ3) is 4.28. The number of pyridine rings is 1. The predicted octanol–water partition coefficient (Wildman–Crippen LogP) is 4.05. The summed E-state index contributed by atoms with van der Waals surface area (Å²) < 4.78 is 0. The average Bonchev–Trinajstić information content (AvgIpc) is 2.76. The highest BCUT2D eigenvalue weighted by Crippen LogP contribution is 2.24. The summed E-state index contributed by atoms with van der Waals surface area (Å²) in [5.41, 5.74) is 2.52. The average molecular weight is 394 g/mol. The standard InChI is InChI=1S/C21H20ClN5O/c22-17-3-5-18(6-4-17)24-21(28)15-9-12-27(13-10-15)20-8-7-19(25-26-20)16-2-1-11-23-14-16/h1-8,11,14-15H,9-10,12-13H2,(H,24,28). The number of carbonyl (C=O) groups is 1. The number of rotatable bonds is 4. The van der Waals surface area contributed by atoms with Crippen LogP contribution in [0.15, 0.2) is 60.9 Å². The first-order chi connectivity index (χ1) is 13.7. The van der Waals surface area contributed by atoms with Gasteiger partial charge < -0.3 is 10.2 Å². The lowest BCUT2D eigenvalue weighted by molar-refractivity contribution is -0.120. The van der Waals surface area contributed by atoms with Crippen LogP contribution in [0.25, 0.3) is 11.3 Å². The Morgan fingerprint density at radius 2 is 1.82 bits per heavy atom. The van der Waals surface area contributed by atoms with E-state index < -0.39 is 0 Å². The van der Waals surface area contributed by atoms with E-state index in [9.17, 15) is 4.79 Å². The number of hydrogen-bond acceptors (Lipinski definition) is 5. The molecule has 4 rings (SSSR count). The number of aromatic nitrogens is 3. The van der Waals surface area contributed by atoms with Gasteiger partial charge in [-0.3, -0.25) is 9.78 Å². The molecule has 1 N–H and O–H groups in total. The molecule has 6 nitrogen and oxygen atoms in total. The van der Waals surface area contributed by atoms with Crippen molar-refractivity contribution in [3.05, 3.63) is 65.9 Å². The van der Waals surface area contributed by atoms with Crippen LogP contribution < -0.4 is 10.2 Å². The quantitative estimate of drug-likeness (QED) is 0.724. The first-order valence-electron chi connectivity index (χ1n) is 9.24. The van der Waals surface area contributed by atoms with Crippen LogP contribution in [0.1, 0.15) is 12.8 Å². The number of nitrogens with one attached hydrogen (secondary N) is 1. The summed E-state index contributed by atoms with van der Waals surface area (Å²) >= 11 is 5.88. The van der Waals surface area contributed by atoms with Crippen molar-refractivity contribution < 1.29 is 4.79 Å². The molecule has 0 bridgehead atoms. The van der Waals surface area contributed by atoms with Crippen molar-refractivity contribution in [2.75, 3.05) is 23.3 Å². The lowest BCUT2D eigenvalue weighted by Crippen LogP contribution is -2.38. The number of halogens is 1. The van der Waals surface area contributed by atoms with Crippen molar-refractivity contribution in [1.29, 1.82) is 0 Å². The normalized spacial score (nSPS) is 14.7. The van der Waals surface area contributed by atoms with Gasteiger partial charge in [0.2, 0.25) is 5.91 Å². The van der Waals surface area contributed by atoms with Crippen LogP contribution in [0.2, 0.25) is 5.02 Å². The number of piperidine rings is 1. The molecule has 142 valence electrons. The molecule has 0 aliphatic carbocycles. The van der Waals surface area contributed by atoms with Crippen molar-refractivity contribution in [2.24, 2.45) is 5.92 Å². The SMILES string of the molecule is O=C(Nc1ccc(Cl)cc1)C1CCN(c2ccc(-c3cccnc3)nn2)CC1. The molecule has 0 unspecified atom stereocenters. The Morgan fingerprint density at radius 1 is 1.04 bits per heavy atom. The fourth-order valence-electron chi connectivity index (χ4n) is 3.31. The second kappa shape index (κ2) is 8.35. The zero-order valence-electron chi connectivity index (χ0n) is 15.3. The van der Waals surface area contributed by atoms with Gasteiger partial charge in [0.25, 0.3) is 0 Å². The van der Waals surface area contributed by atoms with Crippen LogP contribution in [0.5, 0.6) is 0 Å². The van der Waals surface area contributed by atoms with Gasteiger partial charge in [-0.25, -0.2) is 0 Å². The van der Waals surface area contributed by atoms with E-state index in [1.165, 1.54) is 0 Å². The van der Waals surface area contributed by atoms with E-state index in [-0.39, 0.29) is 11.8 Å². The van der Waals surface area contributed by atoms with Gasteiger partial charge in [-0.05, 0) is 61.4 Å². The third-order valence-electron chi connectivity index (χ3n) is 4.91. The van der Waals surface area contributed by atoms with E-state index in [0.717, 1.165) is 48.7 Å². The van der Waals surface area contributed by atoms with Gasteiger partial charge in [-0.2, -0.15) is 0 Å². The highest BCUT2D eigenvalue weighted by Gasteiger charge is 2.25. The van der Waals surface area contributed by atoms with Crippen molar-refractivity contribution in [3.63, 3.8) is 0 Å². The first-order valence-corrected chi connectivity index (χ1v) is 9.62. The summed E-state index contributed by atoms with van der Waals surface area (Å²) in [6.45, 7) is 1.55. The minimum Gasteiger partial charge on any atom is -0.355 e. The van der Waals surface area contributed by atoms with Crippen LogP contribution >= 0.6 is 11.6 Å². The number of amides is 1. The topological polar surface area (TPSA) is 71.0 Å². The summed E-state index contributed by atoms with van der Waals surface area (Å²) in [7, 11) is 0.